The van der Waals surface area contributed by atoms with Crippen molar-refractivity contribution in [1.82, 2.24) is 9.97 Å². The molecule has 1 saturated carbocycles. The van der Waals surface area contributed by atoms with Crippen molar-refractivity contribution in [3.05, 3.63) is 17.5 Å². The van der Waals surface area contributed by atoms with Crippen molar-refractivity contribution in [1.29, 1.82) is 0 Å². The molecule has 0 saturated heterocycles. The monoisotopic (exact) mass is 253 g/mol. The SMILES string of the molecule is Cc1nc(N(C)CC2CCCC2)ncc1CCl. The minimum Gasteiger partial charge on any atom is -0.344 e. The van der Waals surface area contributed by atoms with E-state index in [1.807, 2.05) is 13.1 Å². The lowest BCUT2D eigenvalue weighted by atomic mass is 10.1. The predicted octanol–water partition coefficient (Wildman–Crippen LogP) is 3.15. The Bertz CT molecular complexity index is 375. The molecule has 2 rings (SSSR count). The molecule has 17 heavy (non-hydrogen) atoms. The standard InChI is InChI=1S/C13H20ClN3/c1-10-12(7-14)8-15-13(16-10)17(2)9-11-5-3-4-6-11/h8,11H,3-7,9H2,1-2H3. The van der Waals surface area contributed by atoms with Crippen LogP contribution in [0.5, 0.6) is 0 Å². The summed E-state index contributed by atoms with van der Waals surface area (Å²) in [5.41, 5.74) is 2.01. The molecule has 0 unspecified atom stereocenters. The second-order valence-corrected chi connectivity index (χ2v) is 5.21. The number of nitrogens with zero attached hydrogens (tertiary/aromatic N) is 3. The molecule has 3 nitrogen and oxygen atoms in total. The van der Waals surface area contributed by atoms with Gasteiger partial charge in [-0.15, -0.1) is 11.6 Å². The zero-order valence-electron chi connectivity index (χ0n) is 10.6. The zero-order chi connectivity index (χ0) is 12.3. The average Bonchev–Trinajstić information content (AvgIpc) is 2.81. The van der Waals surface area contributed by atoms with Gasteiger partial charge in [0.05, 0.1) is 5.88 Å². The molecule has 1 aromatic heterocycles. The molecule has 0 atom stereocenters. The summed E-state index contributed by atoms with van der Waals surface area (Å²) in [6, 6.07) is 0. The summed E-state index contributed by atoms with van der Waals surface area (Å²) in [6.07, 6.45) is 7.30. The van der Waals surface area contributed by atoms with Gasteiger partial charge in [-0.3, -0.25) is 0 Å². The molecule has 94 valence electrons. The Balaban J connectivity index is 2.02. The van der Waals surface area contributed by atoms with Crippen LogP contribution in [0.25, 0.3) is 0 Å². The number of aryl methyl sites for hydroxylation is 1. The quantitative estimate of drug-likeness (QED) is 0.772. The van der Waals surface area contributed by atoms with Crippen LogP contribution >= 0.6 is 11.6 Å². The fourth-order valence-electron chi connectivity index (χ4n) is 2.46. The molecule has 0 amide bonds. The smallest absolute Gasteiger partial charge is 0.225 e. The minimum atomic E-state index is 0.485. The van der Waals surface area contributed by atoms with Gasteiger partial charge >= 0.3 is 0 Å². The average molecular weight is 254 g/mol. The highest BCUT2D eigenvalue weighted by molar-refractivity contribution is 6.17. The summed E-state index contributed by atoms with van der Waals surface area (Å²) in [5, 5.41) is 0. The Hall–Kier alpha value is -0.830. The van der Waals surface area contributed by atoms with Crippen molar-refractivity contribution in [2.24, 2.45) is 5.92 Å². The first-order valence-corrected chi connectivity index (χ1v) is 6.83. The molecular formula is C13H20ClN3. The van der Waals surface area contributed by atoms with Crippen LogP contribution in [-0.4, -0.2) is 23.6 Å². The second-order valence-electron chi connectivity index (χ2n) is 4.95. The van der Waals surface area contributed by atoms with Crippen molar-refractivity contribution in [2.45, 2.75) is 38.5 Å². The van der Waals surface area contributed by atoms with Crippen LogP contribution in [0.15, 0.2) is 6.20 Å². The summed E-state index contributed by atoms with van der Waals surface area (Å²) in [4.78, 5) is 11.1. The van der Waals surface area contributed by atoms with E-state index in [4.69, 9.17) is 11.6 Å². The third kappa shape index (κ3) is 3.09. The van der Waals surface area contributed by atoms with Crippen molar-refractivity contribution in [3.63, 3.8) is 0 Å². The first kappa shape index (κ1) is 12.6. The Labute approximate surface area is 108 Å². The second kappa shape index (κ2) is 5.67. The molecule has 1 aliphatic rings. The molecule has 0 spiro atoms. The lowest BCUT2D eigenvalue weighted by Crippen LogP contribution is -2.26. The van der Waals surface area contributed by atoms with Crippen LogP contribution in [0, 0.1) is 12.8 Å². The third-order valence-corrected chi connectivity index (χ3v) is 3.85. The van der Waals surface area contributed by atoms with E-state index in [1.165, 1.54) is 25.7 Å². The molecule has 4 heteroatoms. The number of halogens is 1. The van der Waals surface area contributed by atoms with Gasteiger partial charge in [0.2, 0.25) is 5.95 Å². The minimum absolute atomic E-state index is 0.485. The molecule has 1 heterocycles. The fourth-order valence-corrected chi connectivity index (χ4v) is 2.72. The molecule has 0 N–H and O–H groups in total. The van der Waals surface area contributed by atoms with Crippen LogP contribution in [0.3, 0.4) is 0 Å². The van der Waals surface area contributed by atoms with Crippen LogP contribution in [0.4, 0.5) is 5.95 Å². The normalized spacial score (nSPS) is 16.4. The zero-order valence-corrected chi connectivity index (χ0v) is 11.4. The largest absolute Gasteiger partial charge is 0.344 e. The highest BCUT2D eigenvalue weighted by Crippen LogP contribution is 2.26. The fraction of sp³-hybridized carbons (Fsp3) is 0.692. The topological polar surface area (TPSA) is 29.0 Å². The number of alkyl halides is 1. The molecule has 0 aromatic carbocycles. The summed E-state index contributed by atoms with van der Waals surface area (Å²) in [5.74, 6) is 2.12. The Morgan fingerprint density at radius 1 is 1.41 bits per heavy atom. The van der Waals surface area contributed by atoms with Gasteiger partial charge in [0.25, 0.3) is 0 Å². The van der Waals surface area contributed by atoms with Gasteiger partial charge in [0.1, 0.15) is 0 Å². The number of hydrogen-bond acceptors (Lipinski definition) is 3. The van der Waals surface area contributed by atoms with E-state index in [2.05, 4.69) is 21.9 Å². The van der Waals surface area contributed by atoms with Crippen molar-refractivity contribution in [3.8, 4) is 0 Å². The molecule has 1 fully saturated rings. The van der Waals surface area contributed by atoms with Crippen molar-refractivity contribution in [2.75, 3.05) is 18.5 Å². The van der Waals surface area contributed by atoms with Gasteiger partial charge in [-0.25, -0.2) is 9.97 Å². The van der Waals surface area contributed by atoms with Crippen molar-refractivity contribution >= 4 is 17.5 Å². The highest BCUT2D eigenvalue weighted by Gasteiger charge is 2.18. The molecule has 0 aliphatic heterocycles. The number of aromatic nitrogens is 2. The molecule has 0 radical (unpaired) electrons. The van der Waals surface area contributed by atoms with Gasteiger partial charge in [0.15, 0.2) is 0 Å². The molecular weight excluding hydrogens is 234 g/mol. The Morgan fingerprint density at radius 3 is 2.71 bits per heavy atom. The van der Waals surface area contributed by atoms with Gasteiger partial charge in [-0.2, -0.15) is 0 Å². The predicted molar refractivity (Wildman–Crippen MR) is 71.6 cm³/mol. The van der Waals surface area contributed by atoms with E-state index in [0.29, 0.717) is 5.88 Å². The summed E-state index contributed by atoms with van der Waals surface area (Å²) < 4.78 is 0. The summed E-state index contributed by atoms with van der Waals surface area (Å²) >= 11 is 5.81. The number of anilines is 1. The van der Waals surface area contributed by atoms with Gasteiger partial charge in [-0.1, -0.05) is 12.8 Å². The summed E-state index contributed by atoms with van der Waals surface area (Å²) in [6.45, 7) is 3.06. The molecule has 0 bridgehead atoms. The lowest BCUT2D eigenvalue weighted by Gasteiger charge is -2.21. The molecule has 1 aliphatic carbocycles. The first-order valence-electron chi connectivity index (χ1n) is 6.30. The van der Waals surface area contributed by atoms with E-state index in [1.54, 1.807) is 0 Å². The maximum absolute atomic E-state index is 5.81. The number of rotatable bonds is 4. The van der Waals surface area contributed by atoms with E-state index in [0.717, 1.165) is 29.7 Å². The van der Waals surface area contributed by atoms with E-state index < -0.39 is 0 Å². The van der Waals surface area contributed by atoms with E-state index in [-0.39, 0.29) is 0 Å². The van der Waals surface area contributed by atoms with Crippen LogP contribution < -0.4 is 4.90 Å². The third-order valence-electron chi connectivity index (χ3n) is 3.56. The Morgan fingerprint density at radius 2 is 2.12 bits per heavy atom. The lowest BCUT2D eigenvalue weighted by molar-refractivity contribution is 0.542. The first-order chi connectivity index (χ1) is 8.20. The van der Waals surface area contributed by atoms with E-state index in [9.17, 15) is 0 Å². The van der Waals surface area contributed by atoms with Gasteiger partial charge in [0, 0.05) is 31.0 Å². The Kier molecular flexibility index (Phi) is 4.21. The molecule has 1 aromatic rings. The maximum Gasteiger partial charge on any atom is 0.225 e. The number of hydrogen-bond donors (Lipinski definition) is 0. The highest BCUT2D eigenvalue weighted by atomic mass is 35.5. The van der Waals surface area contributed by atoms with Crippen molar-refractivity contribution < 1.29 is 0 Å². The van der Waals surface area contributed by atoms with Gasteiger partial charge < -0.3 is 4.90 Å². The van der Waals surface area contributed by atoms with Crippen LogP contribution in [0.1, 0.15) is 36.9 Å². The van der Waals surface area contributed by atoms with Gasteiger partial charge in [-0.05, 0) is 25.7 Å². The summed E-state index contributed by atoms with van der Waals surface area (Å²) in [7, 11) is 2.08. The van der Waals surface area contributed by atoms with Crippen LogP contribution in [0.2, 0.25) is 0 Å². The van der Waals surface area contributed by atoms with Crippen LogP contribution in [-0.2, 0) is 5.88 Å². The maximum atomic E-state index is 5.81. The van der Waals surface area contributed by atoms with E-state index >= 15 is 0 Å².